The van der Waals surface area contributed by atoms with Crippen molar-refractivity contribution in [2.45, 2.75) is 39.5 Å². The lowest BCUT2D eigenvalue weighted by Gasteiger charge is -2.29. The fourth-order valence-corrected chi connectivity index (χ4v) is 3.01. The third-order valence-electron chi connectivity index (χ3n) is 4.36. The number of hydrogen-bond acceptors (Lipinski definition) is 4. The fraction of sp³-hybridized carbons (Fsp3) is 0.286. The molecule has 1 N–H and O–H groups in total. The summed E-state index contributed by atoms with van der Waals surface area (Å²) in [5, 5.41) is 1.12. The van der Waals surface area contributed by atoms with E-state index in [-0.39, 0.29) is 24.1 Å². The van der Waals surface area contributed by atoms with Crippen molar-refractivity contribution in [2.75, 3.05) is 0 Å². The van der Waals surface area contributed by atoms with Crippen LogP contribution in [-0.4, -0.2) is 32.9 Å². The molecule has 0 aliphatic carbocycles. The van der Waals surface area contributed by atoms with E-state index in [0.717, 1.165) is 0 Å². The topological polar surface area (TPSA) is 75.3 Å². The molecule has 0 saturated heterocycles. The van der Waals surface area contributed by atoms with Crippen molar-refractivity contribution < 1.29 is 9.53 Å². The van der Waals surface area contributed by atoms with Gasteiger partial charge in [0.05, 0.1) is 17.4 Å². The highest BCUT2D eigenvalue weighted by atomic mass is 35.5. The summed E-state index contributed by atoms with van der Waals surface area (Å²) in [4.78, 5) is 34.1. The molecule has 0 aliphatic heterocycles. The van der Waals surface area contributed by atoms with Gasteiger partial charge >= 0.3 is 0 Å². The van der Waals surface area contributed by atoms with Gasteiger partial charge in [-0.25, -0.2) is 4.98 Å². The monoisotopic (exact) mass is 399 g/mol. The number of aromatic nitrogens is 2. The molecule has 2 aromatic carbocycles. The van der Waals surface area contributed by atoms with Crippen molar-refractivity contribution in [3.05, 3.63) is 69.7 Å². The van der Waals surface area contributed by atoms with E-state index in [9.17, 15) is 9.59 Å². The number of ether oxygens (including phenoxy) is 1. The maximum absolute atomic E-state index is 13.0. The second kappa shape index (κ2) is 8.44. The first-order chi connectivity index (χ1) is 13.3. The third-order valence-corrected chi connectivity index (χ3v) is 4.61. The minimum atomic E-state index is -0.698. The minimum absolute atomic E-state index is 0.0967. The van der Waals surface area contributed by atoms with Gasteiger partial charge in [0.25, 0.3) is 11.5 Å². The van der Waals surface area contributed by atoms with Crippen molar-refractivity contribution in [3.8, 4) is 5.75 Å². The molecule has 28 heavy (non-hydrogen) atoms. The summed E-state index contributed by atoms with van der Waals surface area (Å²) < 4.78 is 5.75. The van der Waals surface area contributed by atoms with Crippen LogP contribution in [0.1, 0.15) is 26.6 Å². The highest BCUT2D eigenvalue weighted by Crippen LogP contribution is 2.18. The Bertz CT molecular complexity index is 1030. The zero-order valence-corrected chi connectivity index (χ0v) is 16.7. The molecule has 0 aliphatic rings. The second-order valence-electron chi connectivity index (χ2n) is 6.80. The Kier molecular flexibility index (Phi) is 5.99. The van der Waals surface area contributed by atoms with Crippen molar-refractivity contribution in [1.29, 1.82) is 0 Å². The quantitative estimate of drug-likeness (QED) is 0.684. The lowest BCUT2D eigenvalue weighted by Crippen LogP contribution is -2.44. The van der Waals surface area contributed by atoms with E-state index in [4.69, 9.17) is 16.3 Å². The maximum atomic E-state index is 13.0. The summed E-state index contributed by atoms with van der Waals surface area (Å²) in [6.07, 6.45) is -0.698. The Morgan fingerprint density at radius 1 is 1.14 bits per heavy atom. The number of fused-ring (bicyclic) bond motifs is 1. The van der Waals surface area contributed by atoms with Crippen LogP contribution >= 0.6 is 11.6 Å². The fourth-order valence-electron chi connectivity index (χ4n) is 2.89. The number of benzene rings is 2. The summed E-state index contributed by atoms with van der Waals surface area (Å²) in [6, 6.07) is 13.9. The number of amides is 1. The molecule has 0 radical (unpaired) electrons. The standard InChI is InChI=1S/C21H22ClN3O3/c1-13(2)25(21(27)14(3)28-16-10-8-15(22)9-11-16)12-19-23-18-7-5-4-6-17(18)20(26)24-19/h4-11,13-14H,12H2,1-3H3,(H,23,24,26). The van der Waals surface area contributed by atoms with Crippen LogP contribution in [0.25, 0.3) is 10.9 Å². The minimum Gasteiger partial charge on any atom is -0.481 e. The van der Waals surface area contributed by atoms with Gasteiger partial charge in [-0.3, -0.25) is 9.59 Å². The molecular formula is C21H22ClN3O3. The third kappa shape index (κ3) is 4.51. The predicted octanol–water partition coefficient (Wildman–Crippen LogP) is 3.78. The van der Waals surface area contributed by atoms with Crippen molar-refractivity contribution in [2.24, 2.45) is 0 Å². The molecule has 0 bridgehead atoms. The van der Waals surface area contributed by atoms with Crippen LogP contribution in [0.4, 0.5) is 0 Å². The molecule has 0 spiro atoms. The van der Waals surface area contributed by atoms with Gasteiger partial charge < -0.3 is 14.6 Å². The van der Waals surface area contributed by atoms with Crippen molar-refractivity contribution in [3.63, 3.8) is 0 Å². The van der Waals surface area contributed by atoms with E-state index in [1.54, 1.807) is 54.3 Å². The number of aromatic amines is 1. The molecule has 146 valence electrons. The van der Waals surface area contributed by atoms with Crippen LogP contribution in [0.15, 0.2) is 53.3 Å². The molecule has 7 heteroatoms. The highest BCUT2D eigenvalue weighted by molar-refractivity contribution is 6.30. The summed E-state index contributed by atoms with van der Waals surface area (Å²) in [5.41, 5.74) is 0.380. The first-order valence-electron chi connectivity index (χ1n) is 9.06. The van der Waals surface area contributed by atoms with Crippen molar-refractivity contribution >= 4 is 28.4 Å². The number of para-hydroxylation sites is 1. The number of nitrogens with one attached hydrogen (secondary N) is 1. The number of halogens is 1. The maximum Gasteiger partial charge on any atom is 0.263 e. The van der Waals surface area contributed by atoms with Gasteiger partial charge in [0.1, 0.15) is 11.6 Å². The molecule has 0 fully saturated rings. The molecule has 6 nitrogen and oxygen atoms in total. The van der Waals surface area contributed by atoms with Gasteiger partial charge in [0, 0.05) is 11.1 Å². The van der Waals surface area contributed by atoms with Gasteiger partial charge in [-0.05, 0) is 57.2 Å². The average Bonchev–Trinajstić information content (AvgIpc) is 2.67. The Hall–Kier alpha value is -2.86. The molecule has 3 rings (SSSR count). The summed E-state index contributed by atoms with van der Waals surface area (Å²) in [7, 11) is 0. The Morgan fingerprint density at radius 2 is 1.82 bits per heavy atom. The zero-order chi connectivity index (χ0) is 20.3. The molecule has 1 atom stereocenters. The average molecular weight is 400 g/mol. The molecule has 3 aromatic rings. The molecule has 1 unspecified atom stereocenters. The first-order valence-corrected chi connectivity index (χ1v) is 9.43. The summed E-state index contributed by atoms with van der Waals surface area (Å²) >= 11 is 5.88. The zero-order valence-electron chi connectivity index (χ0n) is 16.0. The SMILES string of the molecule is CC(Oc1ccc(Cl)cc1)C(=O)N(Cc1nc2ccccc2c(=O)[nH]1)C(C)C. The highest BCUT2D eigenvalue weighted by Gasteiger charge is 2.25. The number of nitrogens with zero attached hydrogens (tertiary/aromatic N) is 2. The smallest absolute Gasteiger partial charge is 0.263 e. The molecule has 1 aromatic heterocycles. The normalized spacial score (nSPS) is 12.2. The van der Waals surface area contributed by atoms with Crippen LogP contribution in [-0.2, 0) is 11.3 Å². The van der Waals surface area contributed by atoms with E-state index in [1.165, 1.54) is 0 Å². The molecule has 1 heterocycles. The van der Waals surface area contributed by atoms with Gasteiger partial charge in [-0.1, -0.05) is 23.7 Å². The number of rotatable bonds is 6. The lowest BCUT2D eigenvalue weighted by atomic mass is 10.2. The first kappa shape index (κ1) is 19.9. The van der Waals surface area contributed by atoms with Crippen molar-refractivity contribution in [1.82, 2.24) is 14.9 Å². The molecular weight excluding hydrogens is 378 g/mol. The number of hydrogen-bond donors (Lipinski definition) is 1. The van der Waals surface area contributed by atoms with Crippen LogP contribution < -0.4 is 10.3 Å². The summed E-state index contributed by atoms with van der Waals surface area (Å²) in [6.45, 7) is 5.70. The second-order valence-corrected chi connectivity index (χ2v) is 7.24. The largest absolute Gasteiger partial charge is 0.481 e. The van der Waals surface area contributed by atoms with Gasteiger partial charge in [0.2, 0.25) is 0 Å². The Balaban J connectivity index is 1.80. The Morgan fingerprint density at radius 3 is 2.50 bits per heavy atom. The van der Waals surface area contributed by atoms with Gasteiger partial charge in [-0.15, -0.1) is 0 Å². The molecule has 0 saturated carbocycles. The Labute approximate surface area is 168 Å². The predicted molar refractivity (Wildman–Crippen MR) is 110 cm³/mol. The lowest BCUT2D eigenvalue weighted by molar-refractivity contribution is -0.140. The van der Waals surface area contributed by atoms with Crippen LogP contribution in [0.5, 0.6) is 5.75 Å². The van der Waals surface area contributed by atoms with Crippen LogP contribution in [0.2, 0.25) is 5.02 Å². The van der Waals surface area contributed by atoms with Crippen LogP contribution in [0.3, 0.4) is 0 Å². The number of H-pyrrole nitrogens is 1. The van der Waals surface area contributed by atoms with E-state index in [0.29, 0.717) is 27.5 Å². The van der Waals surface area contributed by atoms with Gasteiger partial charge in [0.15, 0.2) is 6.10 Å². The van der Waals surface area contributed by atoms with E-state index in [2.05, 4.69) is 9.97 Å². The van der Waals surface area contributed by atoms with Gasteiger partial charge in [-0.2, -0.15) is 0 Å². The van der Waals surface area contributed by atoms with Crippen LogP contribution in [0, 0.1) is 0 Å². The number of carbonyl (C=O) groups excluding carboxylic acids is 1. The van der Waals surface area contributed by atoms with E-state index >= 15 is 0 Å². The van der Waals surface area contributed by atoms with E-state index < -0.39 is 6.10 Å². The molecule has 1 amide bonds. The number of carbonyl (C=O) groups is 1. The van der Waals surface area contributed by atoms with E-state index in [1.807, 2.05) is 19.9 Å². The summed E-state index contributed by atoms with van der Waals surface area (Å²) in [5.74, 6) is 0.802.